The Morgan fingerprint density at radius 2 is 1.67 bits per heavy atom. The third-order valence-corrected chi connectivity index (χ3v) is 8.20. The van der Waals surface area contributed by atoms with Crippen molar-refractivity contribution in [2.75, 3.05) is 13.1 Å². The summed E-state index contributed by atoms with van der Waals surface area (Å²) in [5.74, 6) is 0.0268. The van der Waals surface area contributed by atoms with Crippen LogP contribution in [0.3, 0.4) is 0 Å². The minimum absolute atomic E-state index is 0.175. The molecule has 33 heavy (non-hydrogen) atoms. The minimum atomic E-state index is -0.638. The number of likely N-dealkylation sites (tertiary alicyclic amines) is 1. The third-order valence-electron chi connectivity index (χ3n) is 8.20. The van der Waals surface area contributed by atoms with Gasteiger partial charge in [0, 0.05) is 6.04 Å². The van der Waals surface area contributed by atoms with Gasteiger partial charge in [0.2, 0.25) is 0 Å². The molecule has 178 valence electrons. The van der Waals surface area contributed by atoms with Crippen molar-refractivity contribution in [3.05, 3.63) is 53.1 Å². The molecule has 3 nitrogen and oxygen atoms in total. The normalized spacial score (nSPS) is 21.8. The number of carbonyl (C=O) groups is 1. The van der Waals surface area contributed by atoms with Gasteiger partial charge in [0.05, 0.1) is 5.92 Å². The predicted octanol–water partition coefficient (Wildman–Crippen LogP) is 7.71. The second-order valence-corrected chi connectivity index (χ2v) is 11.4. The number of hydrogen-bond donors (Lipinski definition) is 1. The first-order valence-corrected chi connectivity index (χ1v) is 12.9. The van der Waals surface area contributed by atoms with E-state index < -0.39 is 5.97 Å². The van der Waals surface area contributed by atoms with E-state index in [0.29, 0.717) is 11.5 Å². The van der Waals surface area contributed by atoms with Gasteiger partial charge in [-0.15, -0.1) is 0 Å². The van der Waals surface area contributed by atoms with Crippen LogP contribution in [0, 0.1) is 17.3 Å². The average Bonchev–Trinajstić information content (AvgIpc) is 2.80. The number of allylic oxidation sites excluding steroid dienone is 1. The molecular formula is C30H41NO2. The third kappa shape index (κ3) is 5.69. The number of aliphatic carboxylic acids is 1. The lowest BCUT2D eigenvalue weighted by Gasteiger charge is -2.36. The largest absolute Gasteiger partial charge is 0.481 e. The molecule has 1 N–H and O–H groups in total. The summed E-state index contributed by atoms with van der Waals surface area (Å²) in [6.45, 7) is 11.1. The molecule has 0 aromatic heterocycles. The fraction of sp³-hybridized carbons (Fsp3) is 0.567. The Hall–Kier alpha value is -2.13. The molecule has 2 aliphatic rings. The van der Waals surface area contributed by atoms with Gasteiger partial charge in [0.1, 0.15) is 0 Å². The van der Waals surface area contributed by atoms with Gasteiger partial charge < -0.3 is 5.11 Å². The van der Waals surface area contributed by atoms with Crippen LogP contribution >= 0.6 is 0 Å². The number of benzene rings is 2. The fourth-order valence-corrected chi connectivity index (χ4v) is 5.98. The quantitative estimate of drug-likeness (QED) is 0.510. The van der Waals surface area contributed by atoms with Crippen molar-refractivity contribution < 1.29 is 9.90 Å². The maximum Gasteiger partial charge on any atom is 0.306 e. The van der Waals surface area contributed by atoms with Gasteiger partial charge >= 0.3 is 5.97 Å². The summed E-state index contributed by atoms with van der Waals surface area (Å²) in [7, 11) is 0. The van der Waals surface area contributed by atoms with Crippen LogP contribution in [0.4, 0.5) is 0 Å². The highest BCUT2D eigenvalue weighted by molar-refractivity contribution is 5.85. The van der Waals surface area contributed by atoms with E-state index in [1.165, 1.54) is 47.6 Å². The Morgan fingerprint density at radius 3 is 2.27 bits per heavy atom. The zero-order valence-corrected chi connectivity index (χ0v) is 20.9. The van der Waals surface area contributed by atoms with Crippen LogP contribution < -0.4 is 0 Å². The van der Waals surface area contributed by atoms with E-state index in [4.69, 9.17) is 0 Å². The van der Waals surface area contributed by atoms with Gasteiger partial charge in [-0.25, -0.2) is 0 Å². The van der Waals surface area contributed by atoms with Gasteiger partial charge in [0.15, 0.2) is 0 Å². The van der Waals surface area contributed by atoms with E-state index in [2.05, 4.69) is 75.1 Å². The Kier molecular flexibility index (Phi) is 7.28. The molecule has 1 saturated carbocycles. The summed E-state index contributed by atoms with van der Waals surface area (Å²) in [6, 6.07) is 14.1. The number of piperidine rings is 1. The van der Waals surface area contributed by atoms with Crippen molar-refractivity contribution in [2.24, 2.45) is 17.3 Å². The second kappa shape index (κ2) is 10.0. The molecule has 1 aliphatic heterocycles. The smallest absolute Gasteiger partial charge is 0.306 e. The molecule has 2 aromatic rings. The average molecular weight is 448 g/mol. The highest BCUT2D eigenvalue weighted by Gasteiger charge is 2.29. The summed E-state index contributed by atoms with van der Waals surface area (Å²) >= 11 is 0. The highest BCUT2D eigenvalue weighted by atomic mass is 16.4. The van der Waals surface area contributed by atoms with Crippen LogP contribution in [0.2, 0.25) is 0 Å². The predicted molar refractivity (Wildman–Crippen MR) is 138 cm³/mol. The maximum atomic E-state index is 11.3. The number of fused-ring (bicyclic) bond motifs is 1. The Bertz CT molecular complexity index is 998. The number of nitrogens with zero attached hydrogens (tertiary/aromatic N) is 1. The fourth-order valence-electron chi connectivity index (χ4n) is 5.98. The van der Waals surface area contributed by atoms with E-state index in [9.17, 15) is 9.90 Å². The number of hydrogen-bond acceptors (Lipinski definition) is 2. The molecule has 1 saturated heterocycles. The summed E-state index contributed by atoms with van der Waals surface area (Å²) < 4.78 is 0. The van der Waals surface area contributed by atoms with Crippen LogP contribution in [0.25, 0.3) is 16.8 Å². The van der Waals surface area contributed by atoms with Crippen molar-refractivity contribution in [2.45, 2.75) is 78.7 Å². The first kappa shape index (κ1) is 24.0. The standard InChI is InChI=1S/C30H41NO2/c1-5-28(31-16-14-23(15-17-31)29(32)33)26-11-10-24-19-22(6-9-25(24)20-26)18-21-7-12-27(13-8-21)30(2,3)4/h6,9-11,18-20,23,27-28H,5,7-8,12-17H2,1-4H3,(H,32,33). The molecule has 0 radical (unpaired) electrons. The Balaban J connectivity index is 1.46. The van der Waals surface area contributed by atoms with Crippen LogP contribution in [-0.2, 0) is 4.79 Å². The molecule has 2 fully saturated rings. The van der Waals surface area contributed by atoms with Crippen molar-refractivity contribution >= 4 is 22.8 Å². The number of carboxylic acids is 1. The summed E-state index contributed by atoms with van der Waals surface area (Å²) in [5, 5.41) is 11.9. The lowest BCUT2D eigenvalue weighted by Crippen LogP contribution is -2.38. The van der Waals surface area contributed by atoms with E-state index in [1.54, 1.807) is 5.57 Å². The molecule has 0 spiro atoms. The van der Waals surface area contributed by atoms with Crippen molar-refractivity contribution in [1.29, 1.82) is 0 Å². The van der Waals surface area contributed by atoms with Gasteiger partial charge in [-0.1, -0.05) is 63.6 Å². The molecule has 1 aliphatic carbocycles. The zero-order chi connectivity index (χ0) is 23.6. The van der Waals surface area contributed by atoms with Crippen LogP contribution in [-0.4, -0.2) is 29.1 Å². The van der Waals surface area contributed by atoms with E-state index in [0.717, 1.165) is 38.3 Å². The zero-order valence-electron chi connectivity index (χ0n) is 20.9. The number of carboxylic acid groups (broad SMARTS) is 1. The van der Waals surface area contributed by atoms with Crippen molar-refractivity contribution in [1.82, 2.24) is 4.90 Å². The first-order valence-electron chi connectivity index (χ1n) is 12.9. The Labute approximate surface area is 199 Å². The van der Waals surface area contributed by atoms with Crippen LogP contribution in [0.15, 0.2) is 42.0 Å². The molecule has 0 bridgehead atoms. The maximum absolute atomic E-state index is 11.3. The number of rotatable bonds is 5. The van der Waals surface area contributed by atoms with E-state index in [-0.39, 0.29) is 5.92 Å². The molecule has 1 heterocycles. The SMILES string of the molecule is CCC(c1ccc2cc(C=C3CCC(C(C)(C)C)CC3)ccc2c1)N1CCC(C(=O)O)CC1. The summed E-state index contributed by atoms with van der Waals surface area (Å²) in [4.78, 5) is 13.8. The van der Waals surface area contributed by atoms with Crippen LogP contribution in [0.5, 0.6) is 0 Å². The van der Waals surface area contributed by atoms with E-state index in [1.807, 2.05) is 0 Å². The van der Waals surface area contributed by atoms with Gasteiger partial charge in [-0.05, 0) is 103 Å². The summed E-state index contributed by atoms with van der Waals surface area (Å²) in [6.07, 6.45) is 10.1. The lowest BCUT2D eigenvalue weighted by molar-refractivity contribution is -0.143. The molecule has 1 atom stereocenters. The lowest BCUT2D eigenvalue weighted by atomic mass is 9.71. The van der Waals surface area contributed by atoms with Crippen molar-refractivity contribution in [3.63, 3.8) is 0 Å². The highest BCUT2D eigenvalue weighted by Crippen LogP contribution is 2.40. The van der Waals surface area contributed by atoms with Gasteiger partial charge in [-0.2, -0.15) is 0 Å². The summed E-state index contributed by atoms with van der Waals surface area (Å²) in [5.41, 5.74) is 4.70. The molecule has 2 aromatic carbocycles. The second-order valence-electron chi connectivity index (χ2n) is 11.4. The molecule has 1 unspecified atom stereocenters. The topological polar surface area (TPSA) is 40.5 Å². The van der Waals surface area contributed by atoms with E-state index >= 15 is 0 Å². The molecule has 3 heteroatoms. The molecule has 0 amide bonds. The van der Waals surface area contributed by atoms with Crippen molar-refractivity contribution in [3.8, 4) is 0 Å². The minimum Gasteiger partial charge on any atom is -0.481 e. The van der Waals surface area contributed by atoms with Crippen LogP contribution in [0.1, 0.15) is 89.8 Å². The molecule has 4 rings (SSSR count). The molecular weight excluding hydrogens is 406 g/mol. The monoisotopic (exact) mass is 447 g/mol. The van der Waals surface area contributed by atoms with Gasteiger partial charge in [-0.3, -0.25) is 9.69 Å². The Morgan fingerprint density at radius 1 is 1.03 bits per heavy atom. The van der Waals surface area contributed by atoms with Gasteiger partial charge in [0.25, 0.3) is 0 Å². The first-order chi connectivity index (χ1) is 15.7.